The quantitative estimate of drug-likeness (QED) is 0.738. The van der Waals surface area contributed by atoms with Crippen molar-refractivity contribution in [1.82, 2.24) is 9.55 Å². The molecule has 2 heterocycles. The molecule has 1 aliphatic rings. The molecule has 1 unspecified atom stereocenters. The van der Waals surface area contributed by atoms with Gasteiger partial charge < -0.3 is 10.3 Å². The molecular formula is C11H20ClN3. The van der Waals surface area contributed by atoms with Crippen molar-refractivity contribution in [2.75, 3.05) is 0 Å². The first kappa shape index (κ1) is 12.5. The fourth-order valence-corrected chi connectivity index (χ4v) is 2.09. The molecule has 86 valence electrons. The lowest BCUT2D eigenvalue weighted by Crippen LogP contribution is -2.32. The van der Waals surface area contributed by atoms with Crippen molar-refractivity contribution in [1.29, 1.82) is 0 Å². The van der Waals surface area contributed by atoms with Crippen molar-refractivity contribution in [3.8, 4) is 0 Å². The molecule has 0 aromatic carbocycles. The molecule has 1 aromatic heterocycles. The lowest BCUT2D eigenvalue weighted by molar-refractivity contribution is 0.425. The van der Waals surface area contributed by atoms with Crippen molar-refractivity contribution >= 4 is 12.4 Å². The van der Waals surface area contributed by atoms with Crippen molar-refractivity contribution in [2.24, 2.45) is 5.73 Å². The average Bonchev–Trinajstić information content (AvgIpc) is 2.45. The largest absolute Gasteiger partial charge is 0.332 e. The Morgan fingerprint density at radius 3 is 2.73 bits per heavy atom. The van der Waals surface area contributed by atoms with Gasteiger partial charge in [0.1, 0.15) is 5.82 Å². The van der Waals surface area contributed by atoms with E-state index in [0.717, 1.165) is 19.4 Å². The number of hydrogen-bond donors (Lipinski definition) is 1. The zero-order chi connectivity index (χ0) is 10.3. The van der Waals surface area contributed by atoms with Crippen LogP contribution < -0.4 is 5.73 Å². The zero-order valence-corrected chi connectivity index (χ0v) is 10.5. The predicted molar refractivity (Wildman–Crippen MR) is 64.5 cm³/mol. The molecule has 1 aromatic rings. The minimum Gasteiger partial charge on any atom is -0.332 e. The van der Waals surface area contributed by atoms with Gasteiger partial charge in [0, 0.05) is 36.3 Å². The average molecular weight is 230 g/mol. The van der Waals surface area contributed by atoms with E-state index in [4.69, 9.17) is 5.73 Å². The summed E-state index contributed by atoms with van der Waals surface area (Å²) in [6, 6.07) is 0.326. The summed E-state index contributed by atoms with van der Waals surface area (Å²) >= 11 is 0. The van der Waals surface area contributed by atoms with E-state index in [-0.39, 0.29) is 17.8 Å². The van der Waals surface area contributed by atoms with Crippen molar-refractivity contribution in [3.05, 3.63) is 17.7 Å². The molecule has 1 aliphatic heterocycles. The second kappa shape index (κ2) is 4.14. The van der Waals surface area contributed by atoms with E-state index in [9.17, 15) is 0 Å². The molecule has 3 nitrogen and oxygen atoms in total. The Kier molecular flexibility index (Phi) is 3.46. The second-order valence-electron chi connectivity index (χ2n) is 5.23. The van der Waals surface area contributed by atoms with E-state index >= 15 is 0 Å². The number of nitrogens with two attached hydrogens (primary N) is 1. The highest BCUT2D eigenvalue weighted by atomic mass is 35.5. The van der Waals surface area contributed by atoms with Gasteiger partial charge in [0.25, 0.3) is 0 Å². The number of fused-ring (bicyclic) bond motifs is 1. The first-order chi connectivity index (χ1) is 6.48. The molecule has 1 atom stereocenters. The summed E-state index contributed by atoms with van der Waals surface area (Å²) in [7, 11) is 0. The summed E-state index contributed by atoms with van der Waals surface area (Å²) < 4.78 is 2.34. The van der Waals surface area contributed by atoms with E-state index in [1.54, 1.807) is 0 Å². The van der Waals surface area contributed by atoms with E-state index in [1.165, 1.54) is 11.5 Å². The molecule has 0 saturated heterocycles. The molecule has 4 heteroatoms. The maximum Gasteiger partial charge on any atom is 0.114 e. The van der Waals surface area contributed by atoms with E-state index in [2.05, 4.69) is 30.3 Å². The molecule has 15 heavy (non-hydrogen) atoms. The van der Waals surface area contributed by atoms with E-state index < -0.39 is 0 Å². The van der Waals surface area contributed by atoms with Gasteiger partial charge in [-0.2, -0.15) is 0 Å². The van der Waals surface area contributed by atoms with Crippen LogP contribution in [0.1, 0.15) is 38.7 Å². The van der Waals surface area contributed by atoms with Crippen LogP contribution in [-0.4, -0.2) is 15.6 Å². The van der Waals surface area contributed by atoms with E-state index in [1.807, 2.05) is 6.20 Å². The van der Waals surface area contributed by atoms with Crippen LogP contribution in [0.5, 0.6) is 0 Å². The van der Waals surface area contributed by atoms with Crippen LogP contribution in [0.2, 0.25) is 0 Å². The molecule has 0 saturated carbocycles. The maximum absolute atomic E-state index is 5.93. The van der Waals surface area contributed by atoms with Crippen LogP contribution in [0, 0.1) is 0 Å². The third-order valence-electron chi connectivity index (χ3n) is 2.80. The summed E-state index contributed by atoms with van der Waals surface area (Å²) in [6.07, 6.45) is 4.04. The third kappa shape index (κ3) is 2.34. The molecule has 2 rings (SSSR count). The highest BCUT2D eigenvalue weighted by Crippen LogP contribution is 2.25. The molecule has 0 radical (unpaired) electrons. The number of imidazole rings is 1. The second-order valence-corrected chi connectivity index (χ2v) is 5.23. The van der Waals surface area contributed by atoms with Crippen LogP contribution in [0.3, 0.4) is 0 Å². The maximum atomic E-state index is 5.93. The van der Waals surface area contributed by atoms with Gasteiger partial charge >= 0.3 is 0 Å². The summed E-state index contributed by atoms with van der Waals surface area (Å²) in [4.78, 5) is 4.51. The fourth-order valence-electron chi connectivity index (χ4n) is 2.09. The van der Waals surface area contributed by atoms with Gasteiger partial charge in [-0.1, -0.05) is 20.8 Å². The van der Waals surface area contributed by atoms with Gasteiger partial charge in [-0.3, -0.25) is 0 Å². The number of rotatable bonds is 0. The molecule has 0 fully saturated rings. The number of hydrogen-bond acceptors (Lipinski definition) is 2. The Hall–Kier alpha value is -0.540. The van der Waals surface area contributed by atoms with Gasteiger partial charge in [-0.05, 0) is 6.42 Å². The van der Waals surface area contributed by atoms with Gasteiger partial charge in [0.2, 0.25) is 0 Å². The van der Waals surface area contributed by atoms with Gasteiger partial charge in [0.05, 0.1) is 0 Å². The normalized spacial score (nSPS) is 20.7. The fraction of sp³-hybridized carbons (Fsp3) is 0.727. The van der Waals surface area contributed by atoms with Crippen LogP contribution in [0.15, 0.2) is 6.20 Å². The molecule has 0 bridgehead atoms. The molecule has 0 spiro atoms. The smallest absolute Gasteiger partial charge is 0.114 e. The first-order valence-electron chi connectivity index (χ1n) is 5.29. The van der Waals surface area contributed by atoms with E-state index in [0.29, 0.717) is 6.04 Å². The number of halogens is 1. The van der Waals surface area contributed by atoms with Crippen LogP contribution >= 0.6 is 12.4 Å². The van der Waals surface area contributed by atoms with Gasteiger partial charge in [0.15, 0.2) is 0 Å². The van der Waals surface area contributed by atoms with Crippen LogP contribution in [0.25, 0.3) is 0 Å². The number of aromatic nitrogens is 2. The van der Waals surface area contributed by atoms with Crippen molar-refractivity contribution < 1.29 is 0 Å². The van der Waals surface area contributed by atoms with Crippen molar-refractivity contribution in [2.45, 2.75) is 51.6 Å². The molecule has 2 N–H and O–H groups in total. The minimum atomic E-state index is 0. The topological polar surface area (TPSA) is 43.8 Å². The van der Waals surface area contributed by atoms with Crippen LogP contribution in [0.4, 0.5) is 0 Å². The Balaban J connectivity index is 0.00000112. The lowest BCUT2D eigenvalue weighted by atomic mass is 9.95. The SMILES string of the molecule is CC(C)(C)c1ncc2n1CCC(N)C2.Cl. The predicted octanol–water partition coefficient (Wildman–Crippen LogP) is 1.88. The van der Waals surface area contributed by atoms with Gasteiger partial charge in [-0.15, -0.1) is 12.4 Å². The third-order valence-corrected chi connectivity index (χ3v) is 2.80. The van der Waals surface area contributed by atoms with Crippen LogP contribution in [-0.2, 0) is 18.4 Å². The lowest BCUT2D eigenvalue weighted by Gasteiger charge is -2.26. The Bertz CT molecular complexity index is 338. The Morgan fingerprint density at radius 1 is 1.47 bits per heavy atom. The summed E-state index contributed by atoms with van der Waals surface area (Å²) in [6.45, 7) is 7.65. The summed E-state index contributed by atoms with van der Waals surface area (Å²) in [5.41, 5.74) is 7.37. The Labute approximate surface area is 97.5 Å². The summed E-state index contributed by atoms with van der Waals surface area (Å²) in [5.74, 6) is 1.19. The zero-order valence-electron chi connectivity index (χ0n) is 9.66. The Morgan fingerprint density at radius 2 is 2.13 bits per heavy atom. The van der Waals surface area contributed by atoms with Gasteiger partial charge in [-0.25, -0.2) is 4.98 Å². The number of nitrogens with zero attached hydrogens (tertiary/aromatic N) is 2. The highest BCUT2D eigenvalue weighted by Gasteiger charge is 2.25. The summed E-state index contributed by atoms with van der Waals surface area (Å²) in [5, 5.41) is 0. The molecule has 0 aliphatic carbocycles. The molecular weight excluding hydrogens is 210 g/mol. The molecule has 0 amide bonds. The van der Waals surface area contributed by atoms with Crippen molar-refractivity contribution in [3.63, 3.8) is 0 Å². The first-order valence-corrected chi connectivity index (χ1v) is 5.29. The highest BCUT2D eigenvalue weighted by molar-refractivity contribution is 5.85. The minimum absolute atomic E-state index is 0. The standard InChI is InChI=1S/C11H19N3.ClH/c1-11(2,3)10-13-7-9-6-8(12)4-5-14(9)10;/h7-8H,4-6,12H2,1-3H3;1H. The monoisotopic (exact) mass is 229 g/mol.